The second-order valence-electron chi connectivity index (χ2n) is 5.86. The average Bonchev–Trinajstić information content (AvgIpc) is 2.67. The summed E-state index contributed by atoms with van der Waals surface area (Å²) in [6, 6.07) is 23.9. The van der Waals surface area contributed by atoms with Crippen LogP contribution in [0.5, 0.6) is 0 Å². The Hall–Kier alpha value is -3.24. The van der Waals surface area contributed by atoms with E-state index in [9.17, 15) is 10.1 Å². The van der Waals surface area contributed by atoms with Crippen molar-refractivity contribution in [3.63, 3.8) is 0 Å². The molecule has 0 aliphatic heterocycles. The quantitative estimate of drug-likeness (QED) is 0.326. The van der Waals surface area contributed by atoms with Crippen molar-refractivity contribution in [1.82, 2.24) is 4.98 Å². The van der Waals surface area contributed by atoms with Crippen molar-refractivity contribution in [2.24, 2.45) is 0 Å². The van der Waals surface area contributed by atoms with Gasteiger partial charge >= 0.3 is 0 Å². The zero-order chi connectivity index (χ0) is 18.1. The Kier molecular flexibility index (Phi) is 4.11. The van der Waals surface area contributed by atoms with Crippen LogP contribution in [0.25, 0.3) is 33.3 Å². The molecule has 0 radical (unpaired) electrons. The highest BCUT2D eigenvalue weighted by Gasteiger charge is 2.14. The van der Waals surface area contributed by atoms with Gasteiger partial charge in [0.2, 0.25) is 0 Å². The third-order valence-corrected chi connectivity index (χ3v) is 4.57. The van der Waals surface area contributed by atoms with E-state index in [0.717, 1.165) is 27.8 Å². The van der Waals surface area contributed by atoms with Crippen molar-refractivity contribution < 1.29 is 4.92 Å². The number of hydrogen-bond acceptors (Lipinski definition) is 3. The number of non-ortho nitro benzene ring substituents is 1. The molecule has 0 saturated heterocycles. The highest BCUT2D eigenvalue weighted by atomic mass is 35.5. The van der Waals surface area contributed by atoms with Crippen molar-refractivity contribution in [2.75, 3.05) is 0 Å². The maximum Gasteiger partial charge on any atom is 0.270 e. The van der Waals surface area contributed by atoms with Gasteiger partial charge in [-0.25, -0.2) is 4.98 Å². The van der Waals surface area contributed by atoms with E-state index in [1.165, 1.54) is 6.07 Å². The zero-order valence-corrected chi connectivity index (χ0v) is 14.4. The molecule has 4 aromatic rings. The lowest BCUT2D eigenvalue weighted by Gasteiger charge is -2.11. The van der Waals surface area contributed by atoms with Gasteiger partial charge in [-0.3, -0.25) is 10.1 Å². The summed E-state index contributed by atoms with van der Waals surface area (Å²) in [6.45, 7) is 0. The number of benzene rings is 3. The van der Waals surface area contributed by atoms with Gasteiger partial charge in [0, 0.05) is 28.1 Å². The van der Waals surface area contributed by atoms with Crippen molar-refractivity contribution in [2.45, 2.75) is 0 Å². The number of halogens is 1. The third-order valence-electron chi connectivity index (χ3n) is 4.24. The van der Waals surface area contributed by atoms with E-state index in [0.29, 0.717) is 10.5 Å². The molecule has 0 fully saturated rings. The molecule has 5 heteroatoms. The smallest absolute Gasteiger partial charge is 0.258 e. The van der Waals surface area contributed by atoms with E-state index in [1.54, 1.807) is 12.1 Å². The highest BCUT2D eigenvalue weighted by molar-refractivity contribution is 6.33. The molecule has 1 heterocycles. The number of hydrogen-bond donors (Lipinski definition) is 0. The molecule has 26 heavy (non-hydrogen) atoms. The SMILES string of the molecule is O=[N+]([O-])c1ccc2nc(-c3ccccc3Cl)cc(-c3ccccc3)c2c1. The van der Waals surface area contributed by atoms with Crippen LogP contribution < -0.4 is 0 Å². The maximum absolute atomic E-state index is 11.2. The standard InChI is InChI=1S/C21H13ClN2O2/c22-19-9-5-4-8-16(19)21-13-17(14-6-2-1-3-7-14)18-12-15(24(25)26)10-11-20(18)23-21/h1-13H. The van der Waals surface area contributed by atoms with E-state index in [2.05, 4.69) is 4.98 Å². The lowest BCUT2D eigenvalue weighted by Crippen LogP contribution is -1.93. The summed E-state index contributed by atoms with van der Waals surface area (Å²) in [5.41, 5.74) is 4.14. The van der Waals surface area contributed by atoms with Crippen LogP contribution in [-0.2, 0) is 0 Å². The number of rotatable bonds is 3. The van der Waals surface area contributed by atoms with Gasteiger partial charge in [-0.1, -0.05) is 60.1 Å². The maximum atomic E-state index is 11.2. The van der Waals surface area contributed by atoms with Gasteiger partial charge in [-0.2, -0.15) is 0 Å². The minimum Gasteiger partial charge on any atom is -0.258 e. The Balaban J connectivity index is 2.05. The number of aromatic nitrogens is 1. The van der Waals surface area contributed by atoms with Gasteiger partial charge < -0.3 is 0 Å². The Bertz CT molecular complexity index is 1130. The molecule has 4 rings (SSSR count). The predicted octanol–water partition coefficient (Wildman–Crippen LogP) is 6.13. The second kappa shape index (κ2) is 6.58. The molecular formula is C21H13ClN2O2. The highest BCUT2D eigenvalue weighted by Crippen LogP contribution is 2.35. The summed E-state index contributed by atoms with van der Waals surface area (Å²) in [4.78, 5) is 15.5. The van der Waals surface area contributed by atoms with Gasteiger partial charge in [-0.05, 0) is 29.3 Å². The molecule has 0 atom stereocenters. The van der Waals surface area contributed by atoms with E-state index >= 15 is 0 Å². The van der Waals surface area contributed by atoms with Gasteiger partial charge in [0.1, 0.15) is 0 Å². The molecular weight excluding hydrogens is 348 g/mol. The number of nitrogens with zero attached hydrogens (tertiary/aromatic N) is 2. The molecule has 0 N–H and O–H groups in total. The summed E-state index contributed by atoms with van der Waals surface area (Å²) in [5, 5.41) is 12.5. The predicted molar refractivity (Wildman–Crippen MR) is 104 cm³/mol. The van der Waals surface area contributed by atoms with E-state index in [1.807, 2.05) is 60.7 Å². The Morgan fingerprint density at radius 1 is 0.846 bits per heavy atom. The van der Waals surface area contributed by atoms with E-state index in [-0.39, 0.29) is 5.69 Å². The first kappa shape index (κ1) is 16.2. The Labute approximate surface area is 154 Å². The lowest BCUT2D eigenvalue weighted by molar-refractivity contribution is -0.384. The summed E-state index contributed by atoms with van der Waals surface area (Å²) in [6.07, 6.45) is 0. The van der Waals surface area contributed by atoms with Crippen LogP contribution in [0.3, 0.4) is 0 Å². The Morgan fingerprint density at radius 3 is 2.31 bits per heavy atom. The molecule has 126 valence electrons. The summed E-state index contributed by atoms with van der Waals surface area (Å²) < 4.78 is 0. The van der Waals surface area contributed by atoms with Crippen molar-refractivity contribution in [3.05, 3.63) is 94.0 Å². The molecule has 3 aromatic carbocycles. The van der Waals surface area contributed by atoms with Crippen LogP contribution in [0.2, 0.25) is 5.02 Å². The van der Waals surface area contributed by atoms with Gasteiger partial charge in [0.25, 0.3) is 5.69 Å². The van der Waals surface area contributed by atoms with Gasteiger partial charge in [-0.15, -0.1) is 0 Å². The second-order valence-corrected chi connectivity index (χ2v) is 6.27. The fourth-order valence-electron chi connectivity index (χ4n) is 2.99. The summed E-state index contributed by atoms with van der Waals surface area (Å²) in [5.74, 6) is 0. The Morgan fingerprint density at radius 2 is 1.58 bits per heavy atom. The molecule has 0 bridgehead atoms. The molecule has 0 aliphatic rings. The molecule has 4 nitrogen and oxygen atoms in total. The number of nitro groups is 1. The third kappa shape index (κ3) is 2.91. The van der Waals surface area contributed by atoms with Crippen LogP contribution >= 0.6 is 11.6 Å². The molecule has 1 aromatic heterocycles. The van der Waals surface area contributed by atoms with Gasteiger partial charge in [0.05, 0.1) is 16.1 Å². The zero-order valence-electron chi connectivity index (χ0n) is 13.6. The van der Waals surface area contributed by atoms with E-state index < -0.39 is 4.92 Å². The van der Waals surface area contributed by atoms with Crippen molar-refractivity contribution in [3.8, 4) is 22.4 Å². The van der Waals surface area contributed by atoms with Crippen LogP contribution in [0.15, 0.2) is 78.9 Å². The summed E-state index contributed by atoms with van der Waals surface area (Å²) in [7, 11) is 0. The topological polar surface area (TPSA) is 56.0 Å². The van der Waals surface area contributed by atoms with Crippen LogP contribution in [0, 0.1) is 10.1 Å². The van der Waals surface area contributed by atoms with Gasteiger partial charge in [0.15, 0.2) is 0 Å². The monoisotopic (exact) mass is 360 g/mol. The van der Waals surface area contributed by atoms with E-state index in [4.69, 9.17) is 11.6 Å². The molecule has 0 unspecified atom stereocenters. The van der Waals surface area contributed by atoms with Crippen LogP contribution in [0.4, 0.5) is 5.69 Å². The largest absolute Gasteiger partial charge is 0.270 e. The minimum absolute atomic E-state index is 0.0435. The van der Waals surface area contributed by atoms with Crippen LogP contribution in [-0.4, -0.2) is 9.91 Å². The number of fused-ring (bicyclic) bond motifs is 1. The van der Waals surface area contributed by atoms with Crippen LogP contribution in [0.1, 0.15) is 0 Å². The van der Waals surface area contributed by atoms with Crippen molar-refractivity contribution >= 4 is 28.2 Å². The number of pyridine rings is 1. The van der Waals surface area contributed by atoms with Crippen molar-refractivity contribution in [1.29, 1.82) is 0 Å². The fourth-order valence-corrected chi connectivity index (χ4v) is 3.22. The minimum atomic E-state index is -0.393. The average molecular weight is 361 g/mol. The fraction of sp³-hybridized carbons (Fsp3) is 0. The first-order valence-electron chi connectivity index (χ1n) is 8.03. The first-order valence-corrected chi connectivity index (χ1v) is 8.41. The first-order chi connectivity index (χ1) is 12.6. The molecule has 0 spiro atoms. The molecule has 0 amide bonds. The normalized spacial score (nSPS) is 10.8. The number of nitro benzene ring substituents is 1. The lowest BCUT2D eigenvalue weighted by atomic mass is 9.98. The molecule has 0 aliphatic carbocycles. The summed E-state index contributed by atoms with van der Waals surface area (Å²) >= 11 is 6.35. The molecule has 0 saturated carbocycles.